The van der Waals surface area contributed by atoms with Gasteiger partial charge in [-0.15, -0.1) is 0 Å². The summed E-state index contributed by atoms with van der Waals surface area (Å²) < 4.78 is 26.0. The van der Waals surface area contributed by atoms with Gasteiger partial charge in [-0.2, -0.15) is 4.31 Å². The van der Waals surface area contributed by atoms with Crippen molar-refractivity contribution in [3.63, 3.8) is 0 Å². The molecule has 1 heterocycles. The Morgan fingerprint density at radius 2 is 2.05 bits per heavy atom. The van der Waals surface area contributed by atoms with Crippen LogP contribution in [0.3, 0.4) is 0 Å². The van der Waals surface area contributed by atoms with Gasteiger partial charge in [0.15, 0.2) is 0 Å². The molecule has 1 aromatic carbocycles. The van der Waals surface area contributed by atoms with Gasteiger partial charge in [0.25, 0.3) is 0 Å². The molecule has 116 valence electrons. The molecule has 0 aliphatic carbocycles. The number of β-amino-alcohol motifs (C(OH)–C–C–N with tert-alkyl or cyclic N) is 1. The molecule has 0 radical (unpaired) electrons. The van der Waals surface area contributed by atoms with Crippen LogP contribution in [0.4, 0.5) is 5.69 Å². The Morgan fingerprint density at radius 3 is 2.57 bits per heavy atom. The molecule has 0 bridgehead atoms. The number of hydrogen-bond donors (Lipinski definition) is 3. The molecule has 0 saturated carbocycles. The molecule has 7 nitrogen and oxygen atoms in total. The van der Waals surface area contributed by atoms with Crippen LogP contribution in [-0.2, 0) is 10.0 Å². The third-order valence-electron chi connectivity index (χ3n) is 3.51. The van der Waals surface area contributed by atoms with Crippen LogP contribution in [-0.4, -0.2) is 47.6 Å². The van der Waals surface area contributed by atoms with Gasteiger partial charge in [0.05, 0.1) is 16.1 Å². The maximum Gasteiger partial charge on any atom is 0.337 e. The summed E-state index contributed by atoms with van der Waals surface area (Å²) >= 11 is 0. The highest BCUT2D eigenvalue weighted by molar-refractivity contribution is 7.89. The highest BCUT2D eigenvalue weighted by atomic mass is 32.2. The first-order valence-electron chi connectivity index (χ1n) is 6.55. The Labute approximate surface area is 123 Å². The molecule has 0 aromatic heterocycles. The SMILES string of the molecule is CCCC1(O)CN(S(=O)(=O)c2ccc(N)cc2C(=O)O)C1. The number of rotatable bonds is 5. The molecular weight excluding hydrogens is 296 g/mol. The summed E-state index contributed by atoms with van der Waals surface area (Å²) in [6.07, 6.45) is 1.25. The number of benzene rings is 1. The molecule has 0 amide bonds. The summed E-state index contributed by atoms with van der Waals surface area (Å²) in [4.78, 5) is 10.9. The molecule has 0 atom stereocenters. The number of carboxylic acids is 1. The molecule has 8 heteroatoms. The first kappa shape index (κ1) is 15.7. The lowest BCUT2D eigenvalue weighted by Crippen LogP contribution is -2.63. The van der Waals surface area contributed by atoms with Crippen molar-refractivity contribution in [1.82, 2.24) is 4.31 Å². The quantitative estimate of drug-likeness (QED) is 0.681. The molecule has 2 rings (SSSR count). The van der Waals surface area contributed by atoms with E-state index in [0.29, 0.717) is 6.42 Å². The predicted octanol–water partition coefficient (Wildman–Crippen LogP) is 0.503. The van der Waals surface area contributed by atoms with Crippen LogP contribution in [0.5, 0.6) is 0 Å². The number of nitrogen functional groups attached to an aromatic ring is 1. The number of carbonyl (C=O) groups is 1. The fourth-order valence-corrected chi connectivity index (χ4v) is 4.25. The first-order chi connectivity index (χ1) is 9.69. The minimum absolute atomic E-state index is 0.0212. The molecule has 4 N–H and O–H groups in total. The van der Waals surface area contributed by atoms with Gasteiger partial charge in [-0.25, -0.2) is 13.2 Å². The highest BCUT2D eigenvalue weighted by Crippen LogP contribution is 2.32. The largest absolute Gasteiger partial charge is 0.478 e. The number of anilines is 1. The summed E-state index contributed by atoms with van der Waals surface area (Å²) in [6.45, 7) is 1.86. The van der Waals surface area contributed by atoms with E-state index in [0.717, 1.165) is 16.8 Å². The minimum Gasteiger partial charge on any atom is -0.478 e. The third kappa shape index (κ3) is 2.87. The monoisotopic (exact) mass is 314 g/mol. The number of aliphatic hydroxyl groups is 1. The lowest BCUT2D eigenvalue weighted by Gasteiger charge is -2.45. The van der Waals surface area contributed by atoms with E-state index < -0.39 is 21.6 Å². The summed E-state index contributed by atoms with van der Waals surface area (Å²) in [5, 5.41) is 19.2. The fraction of sp³-hybridized carbons (Fsp3) is 0.462. The van der Waals surface area contributed by atoms with Crippen molar-refractivity contribution < 1.29 is 23.4 Å². The predicted molar refractivity (Wildman–Crippen MR) is 76.4 cm³/mol. The van der Waals surface area contributed by atoms with Gasteiger partial charge >= 0.3 is 5.97 Å². The second-order valence-corrected chi connectivity index (χ2v) is 7.21. The van der Waals surface area contributed by atoms with Gasteiger partial charge in [-0.1, -0.05) is 13.3 Å². The van der Waals surface area contributed by atoms with Gasteiger partial charge in [0, 0.05) is 18.8 Å². The Morgan fingerprint density at radius 1 is 1.43 bits per heavy atom. The van der Waals surface area contributed by atoms with E-state index in [1.165, 1.54) is 12.1 Å². The van der Waals surface area contributed by atoms with E-state index in [1.54, 1.807) is 0 Å². The molecule has 1 aromatic rings. The van der Waals surface area contributed by atoms with Crippen molar-refractivity contribution in [2.45, 2.75) is 30.3 Å². The van der Waals surface area contributed by atoms with E-state index in [2.05, 4.69) is 0 Å². The third-order valence-corrected chi connectivity index (χ3v) is 5.36. The van der Waals surface area contributed by atoms with Crippen LogP contribution in [0, 0.1) is 0 Å². The van der Waals surface area contributed by atoms with Crippen LogP contribution >= 0.6 is 0 Å². The summed E-state index contributed by atoms with van der Waals surface area (Å²) in [6, 6.07) is 3.65. The fourth-order valence-electron chi connectivity index (χ4n) is 2.48. The Kier molecular flexibility index (Phi) is 3.96. The van der Waals surface area contributed by atoms with E-state index in [9.17, 15) is 18.3 Å². The number of aromatic carboxylic acids is 1. The maximum atomic E-state index is 12.5. The summed E-state index contributed by atoms with van der Waals surface area (Å²) in [5.74, 6) is -1.36. The number of nitrogens with zero attached hydrogens (tertiary/aromatic N) is 1. The zero-order chi connectivity index (χ0) is 15.8. The van der Waals surface area contributed by atoms with E-state index in [1.807, 2.05) is 6.92 Å². The van der Waals surface area contributed by atoms with Crippen LogP contribution in [0.25, 0.3) is 0 Å². The Hall–Kier alpha value is -1.64. The number of carboxylic acid groups (broad SMARTS) is 1. The van der Waals surface area contributed by atoms with Crippen molar-refractivity contribution in [3.05, 3.63) is 23.8 Å². The average Bonchev–Trinajstić information content (AvgIpc) is 2.35. The molecular formula is C13H18N2O5S. The number of nitrogens with two attached hydrogens (primary N) is 1. The molecule has 21 heavy (non-hydrogen) atoms. The Balaban J connectivity index is 2.32. The zero-order valence-corrected chi connectivity index (χ0v) is 12.4. The molecule has 1 fully saturated rings. The standard InChI is InChI=1S/C13H18N2O5S/c1-2-5-13(18)7-15(8-13)21(19,20)11-4-3-9(14)6-10(11)12(16)17/h3-4,6,18H,2,5,7-8,14H2,1H3,(H,16,17). The van der Waals surface area contributed by atoms with Crippen molar-refractivity contribution in [3.8, 4) is 0 Å². The lowest BCUT2D eigenvalue weighted by molar-refractivity contribution is -0.0653. The minimum atomic E-state index is -3.95. The van der Waals surface area contributed by atoms with Gasteiger partial charge in [0.1, 0.15) is 0 Å². The van der Waals surface area contributed by atoms with Gasteiger partial charge < -0.3 is 15.9 Å². The van der Waals surface area contributed by atoms with Crippen molar-refractivity contribution in [1.29, 1.82) is 0 Å². The van der Waals surface area contributed by atoms with E-state index >= 15 is 0 Å². The van der Waals surface area contributed by atoms with Gasteiger partial charge in [-0.05, 0) is 24.6 Å². The molecule has 0 spiro atoms. The molecule has 1 saturated heterocycles. The number of sulfonamides is 1. The second kappa shape index (κ2) is 5.28. The Bertz CT molecular complexity index is 665. The molecule has 1 aliphatic heterocycles. The highest BCUT2D eigenvalue weighted by Gasteiger charge is 2.47. The first-order valence-corrected chi connectivity index (χ1v) is 7.99. The van der Waals surface area contributed by atoms with Crippen LogP contribution in [0.2, 0.25) is 0 Å². The van der Waals surface area contributed by atoms with Gasteiger partial charge in [-0.3, -0.25) is 0 Å². The van der Waals surface area contributed by atoms with Crippen molar-refractivity contribution in [2.24, 2.45) is 0 Å². The maximum absolute atomic E-state index is 12.5. The van der Waals surface area contributed by atoms with Gasteiger partial charge in [0.2, 0.25) is 10.0 Å². The second-order valence-electron chi connectivity index (χ2n) is 5.31. The average molecular weight is 314 g/mol. The van der Waals surface area contributed by atoms with Crippen LogP contribution in [0.1, 0.15) is 30.1 Å². The number of hydrogen-bond acceptors (Lipinski definition) is 5. The zero-order valence-electron chi connectivity index (χ0n) is 11.6. The van der Waals surface area contributed by atoms with E-state index in [4.69, 9.17) is 10.8 Å². The van der Waals surface area contributed by atoms with E-state index in [-0.39, 0.29) is 29.2 Å². The topological polar surface area (TPSA) is 121 Å². The van der Waals surface area contributed by atoms with Crippen LogP contribution < -0.4 is 5.73 Å². The normalized spacial score (nSPS) is 18.2. The lowest BCUT2D eigenvalue weighted by atomic mass is 9.92. The molecule has 1 aliphatic rings. The molecule has 0 unspecified atom stereocenters. The summed E-state index contributed by atoms with van der Waals surface area (Å²) in [7, 11) is -3.95. The van der Waals surface area contributed by atoms with Crippen molar-refractivity contribution in [2.75, 3.05) is 18.8 Å². The van der Waals surface area contributed by atoms with Crippen molar-refractivity contribution >= 4 is 21.7 Å². The smallest absolute Gasteiger partial charge is 0.337 e. The summed E-state index contributed by atoms with van der Waals surface area (Å²) in [5.41, 5.74) is 4.31. The van der Waals surface area contributed by atoms with Crippen LogP contribution in [0.15, 0.2) is 23.1 Å².